The third kappa shape index (κ3) is 3.42. The van der Waals surface area contributed by atoms with Crippen LogP contribution in [-0.2, 0) is 11.3 Å². The molecule has 1 rings (SSSR count). The number of rotatable bonds is 5. The van der Waals surface area contributed by atoms with Crippen LogP contribution in [0.15, 0.2) is 18.2 Å². The average molecular weight is 240 g/mol. The fourth-order valence-corrected chi connectivity index (χ4v) is 1.18. The molecule has 3 N–H and O–H groups in total. The summed E-state index contributed by atoms with van der Waals surface area (Å²) in [6.45, 7) is 1.48. The molecular formula is C10H12N2O5. The van der Waals surface area contributed by atoms with E-state index >= 15 is 0 Å². The summed E-state index contributed by atoms with van der Waals surface area (Å²) in [5.41, 5.74) is 0.134. The van der Waals surface area contributed by atoms with Crippen molar-refractivity contribution in [3.63, 3.8) is 0 Å². The van der Waals surface area contributed by atoms with Gasteiger partial charge in [-0.25, -0.2) is 0 Å². The van der Waals surface area contributed by atoms with Gasteiger partial charge in [0.2, 0.25) is 0 Å². The Morgan fingerprint density at radius 1 is 1.59 bits per heavy atom. The van der Waals surface area contributed by atoms with Crippen molar-refractivity contribution in [2.45, 2.75) is 19.5 Å². The van der Waals surface area contributed by atoms with Gasteiger partial charge in [0, 0.05) is 24.2 Å². The molecule has 0 aliphatic carbocycles. The van der Waals surface area contributed by atoms with Gasteiger partial charge in [0.1, 0.15) is 11.8 Å². The van der Waals surface area contributed by atoms with E-state index in [0.29, 0.717) is 0 Å². The molecule has 0 saturated carbocycles. The molecule has 7 heteroatoms. The quantitative estimate of drug-likeness (QED) is 0.519. The molecule has 1 aromatic rings. The zero-order valence-electron chi connectivity index (χ0n) is 9.08. The summed E-state index contributed by atoms with van der Waals surface area (Å²) in [6.07, 6.45) is 0. The number of aliphatic carboxylic acids is 1. The van der Waals surface area contributed by atoms with Crippen molar-refractivity contribution in [3.8, 4) is 5.75 Å². The van der Waals surface area contributed by atoms with E-state index in [1.165, 1.54) is 25.1 Å². The minimum absolute atomic E-state index is 0.0426. The van der Waals surface area contributed by atoms with Crippen LogP contribution in [0, 0.1) is 10.1 Å². The van der Waals surface area contributed by atoms with E-state index in [4.69, 9.17) is 5.11 Å². The topological polar surface area (TPSA) is 113 Å². The SMILES string of the molecule is C[C@H](NCc1cc([N+](=O)[O-])ccc1O)C(=O)O. The molecule has 0 radical (unpaired) electrons. The fourth-order valence-electron chi connectivity index (χ4n) is 1.18. The van der Waals surface area contributed by atoms with Gasteiger partial charge in [-0.3, -0.25) is 14.9 Å². The van der Waals surface area contributed by atoms with Crippen molar-refractivity contribution >= 4 is 11.7 Å². The van der Waals surface area contributed by atoms with Gasteiger partial charge >= 0.3 is 5.97 Å². The van der Waals surface area contributed by atoms with E-state index in [1.54, 1.807) is 0 Å². The molecule has 0 spiro atoms. The van der Waals surface area contributed by atoms with E-state index in [2.05, 4.69) is 5.32 Å². The number of carbonyl (C=O) groups is 1. The van der Waals surface area contributed by atoms with Crippen molar-refractivity contribution < 1.29 is 19.9 Å². The predicted molar refractivity (Wildman–Crippen MR) is 58.7 cm³/mol. The third-order valence-corrected chi connectivity index (χ3v) is 2.24. The van der Waals surface area contributed by atoms with E-state index in [-0.39, 0.29) is 23.5 Å². The number of hydrogen-bond acceptors (Lipinski definition) is 5. The lowest BCUT2D eigenvalue weighted by atomic mass is 10.1. The van der Waals surface area contributed by atoms with Crippen molar-refractivity contribution in [2.24, 2.45) is 0 Å². The first kappa shape index (κ1) is 12.9. The Bertz CT molecular complexity index is 446. The van der Waals surface area contributed by atoms with Crippen LogP contribution in [0.25, 0.3) is 0 Å². The van der Waals surface area contributed by atoms with Gasteiger partial charge in [0.05, 0.1) is 4.92 Å². The van der Waals surface area contributed by atoms with E-state index in [9.17, 15) is 20.0 Å². The number of nitrogens with zero attached hydrogens (tertiary/aromatic N) is 1. The summed E-state index contributed by atoms with van der Waals surface area (Å²) in [7, 11) is 0. The molecule has 0 bridgehead atoms. The number of nitrogens with one attached hydrogen (secondary N) is 1. The lowest BCUT2D eigenvalue weighted by Gasteiger charge is -2.09. The highest BCUT2D eigenvalue weighted by molar-refractivity contribution is 5.72. The highest BCUT2D eigenvalue weighted by Gasteiger charge is 2.13. The summed E-state index contributed by atoms with van der Waals surface area (Å²) >= 11 is 0. The zero-order valence-corrected chi connectivity index (χ0v) is 9.08. The van der Waals surface area contributed by atoms with Gasteiger partial charge in [0.15, 0.2) is 0 Å². The first-order valence-corrected chi connectivity index (χ1v) is 4.84. The van der Waals surface area contributed by atoms with E-state index in [0.717, 1.165) is 0 Å². The van der Waals surface area contributed by atoms with Crippen LogP contribution in [0.3, 0.4) is 0 Å². The lowest BCUT2D eigenvalue weighted by Crippen LogP contribution is -2.33. The number of aromatic hydroxyl groups is 1. The van der Waals surface area contributed by atoms with Crippen molar-refractivity contribution in [3.05, 3.63) is 33.9 Å². The Labute approximate surface area is 96.8 Å². The number of nitro benzene ring substituents is 1. The van der Waals surface area contributed by atoms with Gasteiger partial charge < -0.3 is 15.5 Å². The number of hydrogen-bond donors (Lipinski definition) is 3. The van der Waals surface area contributed by atoms with Gasteiger partial charge in [-0.1, -0.05) is 0 Å². The molecule has 0 unspecified atom stereocenters. The maximum Gasteiger partial charge on any atom is 0.320 e. The summed E-state index contributed by atoms with van der Waals surface area (Å²) in [5.74, 6) is -1.14. The van der Waals surface area contributed by atoms with Crippen molar-refractivity contribution in [1.29, 1.82) is 0 Å². The number of phenols is 1. The smallest absolute Gasteiger partial charge is 0.320 e. The fraction of sp³-hybridized carbons (Fsp3) is 0.300. The van der Waals surface area contributed by atoms with Crippen LogP contribution in [0.1, 0.15) is 12.5 Å². The zero-order chi connectivity index (χ0) is 13.0. The van der Waals surface area contributed by atoms with Crippen LogP contribution in [0.2, 0.25) is 0 Å². The second-order valence-corrected chi connectivity index (χ2v) is 3.51. The standard InChI is InChI=1S/C10H12N2O5/c1-6(10(14)15)11-5-7-4-8(12(16)17)2-3-9(7)13/h2-4,6,11,13H,5H2,1H3,(H,14,15)/t6-/m0/s1. The molecule has 0 fully saturated rings. The highest BCUT2D eigenvalue weighted by Crippen LogP contribution is 2.22. The number of non-ortho nitro benzene ring substituents is 1. The summed E-state index contributed by atoms with van der Waals surface area (Å²) in [4.78, 5) is 20.5. The number of benzene rings is 1. The lowest BCUT2D eigenvalue weighted by molar-refractivity contribution is -0.384. The number of nitro groups is 1. The van der Waals surface area contributed by atoms with Crippen LogP contribution in [0.4, 0.5) is 5.69 Å². The monoisotopic (exact) mass is 240 g/mol. The second-order valence-electron chi connectivity index (χ2n) is 3.51. The Balaban J connectivity index is 2.79. The summed E-state index contributed by atoms with van der Waals surface area (Å²) in [6, 6.07) is 2.80. The number of carboxylic acid groups (broad SMARTS) is 1. The molecular weight excluding hydrogens is 228 g/mol. The molecule has 0 aliphatic heterocycles. The Kier molecular flexibility index (Phi) is 4.00. The molecule has 0 saturated heterocycles. The molecule has 92 valence electrons. The molecule has 0 aliphatic rings. The summed E-state index contributed by atoms with van der Waals surface area (Å²) in [5, 5.41) is 31.2. The summed E-state index contributed by atoms with van der Waals surface area (Å²) < 4.78 is 0. The van der Waals surface area contributed by atoms with E-state index in [1.807, 2.05) is 0 Å². The Morgan fingerprint density at radius 3 is 2.76 bits per heavy atom. The number of carboxylic acids is 1. The van der Waals surface area contributed by atoms with Gasteiger partial charge in [-0.05, 0) is 13.0 Å². The Hall–Kier alpha value is -2.15. The van der Waals surface area contributed by atoms with Gasteiger partial charge in [-0.15, -0.1) is 0 Å². The maximum absolute atomic E-state index is 10.5. The van der Waals surface area contributed by atoms with Crippen LogP contribution < -0.4 is 5.32 Å². The van der Waals surface area contributed by atoms with Gasteiger partial charge in [-0.2, -0.15) is 0 Å². The van der Waals surface area contributed by atoms with Crippen molar-refractivity contribution in [2.75, 3.05) is 0 Å². The first-order valence-electron chi connectivity index (χ1n) is 4.84. The van der Waals surface area contributed by atoms with Crippen LogP contribution >= 0.6 is 0 Å². The average Bonchev–Trinajstić information content (AvgIpc) is 2.26. The molecule has 17 heavy (non-hydrogen) atoms. The molecule has 0 amide bonds. The molecule has 0 heterocycles. The maximum atomic E-state index is 10.5. The molecule has 0 aromatic heterocycles. The minimum Gasteiger partial charge on any atom is -0.508 e. The third-order valence-electron chi connectivity index (χ3n) is 2.24. The Morgan fingerprint density at radius 2 is 2.24 bits per heavy atom. The molecule has 7 nitrogen and oxygen atoms in total. The molecule has 1 atom stereocenters. The predicted octanol–water partition coefficient (Wildman–Crippen LogP) is 0.863. The minimum atomic E-state index is -1.03. The first-order chi connectivity index (χ1) is 7.91. The largest absolute Gasteiger partial charge is 0.508 e. The number of phenolic OH excluding ortho intramolecular Hbond substituents is 1. The van der Waals surface area contributed by atoms with E-state index < -0.39 is 16.9 Å². The normalized spacial score (nSPS) is 12.1. The van der Waals surface area contributed by atoms with Crippen molar-refractivity contribution in [1.82, 2.24) is 5.32 Å². The molecule has 1 aromatic carbocycles. The van der Waals surface area contributed by atoms with Crippen LogP contribution in [0.5, 0.6) is 5.75 Å². The second kappa shape index (κ2) is 5.26. The van der Waals surface area contributed by atoms with Gasteiger partial charge in [0.25, 0.3) is 5.69 Å². The van der Waals surface area contributed by atoms with Crippen LogP contribution in [-0.4, -0.2) is 27.1 Å². The highest BCUT2D eigenvalue weighted by atomic mass is 16.6.